The third-order valence-electron chi connectivity index (χ3n) is 2.50. The summed E-state index contributed by atoms with van der Waals surface area (Å²) >= 11 is 0. The molecular formula is C15H13NO2. The molecule has 0 saturated carbocycles. The highest BCUT2D eigenvalue weighted by Crippen LogP contribution is 2.15. The van der Waals surface area contributed by atoms with E-state index in [-0.39, 0.29) is 5.78 Å². The quantitative estimate of drug-likeness (QED) is 0.643. The lowest BCUT2D eigenvalue weighted by Crippen LogP contribution is -2.00. The first-order chi connectivity index (χ1) is 8.79. The minimum Gasteiger partial charge on any atom is -0.489 e. The summed E-state index contributed by atoms with van der Waals surface area (Å²) in [5.41, 5.74) is 1.54. The van der Waals surface area contributed by atoms with E-state index in [1.54, 1.807) is 24.3 Å². The molecule has 0 bridgehead atoms. The van der Waals surface area contributed by atoms with Crippen LogP contribution >= 0.6 is 0 Å². The van der Waals surface area contributed by atoms with E-state index in [2.05, 4.69) is 0 Å². The second-order valence-electron chi connectivity index (χ2n) is 3.81. The van der Waals surface area contributed by atoms with Crippen LogP contribution in [0.25, 0.3) is 0 Å². The second-order valence-corrected chi connectivity index (χ2v) is 3.81. The van der Waals surface area contributed by atoms with Gasteiger partial charge in [-0.05, 0) is 17.7 Å². The van der Waals surface area contributed by atoms with Crippen LogP contribution in [0.4, 0.5) is 0 Å². The summed E-state index contributed by atoms with van der Waals surface area (Å²) in [6.07, 6.45) is 0.802. The van der Waals surface area contributed by atoms with Crippen LogP contribution in [0.15, 0.2) is 54.6 Å². The van der Waals surface area contributed by atoms with Crippen LogP contribution < -0.4 is 4.74 Å². The predicted octanol–water partition coefficient (Wildman–Crippen LogP) is 3.10. The number of carbonyl (C=O) groups excluding carboxylic acids is 1. The van der Waals surface area contributed by atoms with Gasteiger partial charge in [-0.15, -0.1) is 0 Å². The molecule has 0 fully saturated rings. The standard InChI is InChI=1S/C15H13NO2/c16-10-15(17)13-7-4-8-14(9-13)18-11-12-5-2-1-3-6-12/h1-10,16H,11H2. The minimum absolute atomic E-state index is 0.319. The van der Waals surface area contributed by atoms with Crippen molar-refractivity contribution >= 4 is 12.0 Å². The molecular weight excluding hydrogens is 226 g/mol. The molecule has 0 aliphatic carbocycles. The molecule has 2 rings (SSSR count). The Kier molecular flexibility index (Phi) is 3.86. The van der Waals surface area contributed by atoms with E-state index in [4.69, 9.17) is 10.1 Å². The summed E-state index contributed by atoms with van der Waals surface area (Å²) in [4.78, 5) is 11.3. The van der Waals surface area contributed by atoms with E-state index >= 15 is 0 Å². The molecule has 1 N–H and O–H groups in total. The maximum absolute atomic E-state index is 11.3. The Balaban J connectivity index is 2.06. The first-order valence-corrected chi connectivity index (χ1v) is 5.61. The van der Waals surface area contributed by atoms with Crippen molar-refractivity contribution in [3.63, 3.8) is 0 Å². The fourth-order valence-electron chi connectivity index (χ4n) is 1.56. The summed E-state index contributed by atoms with van der Waals surface area (Å²) in [5.74, 6) is 0.312. The van der Waals surface area contributed by atoms with E-state index in [1.807, 2.05) is 30.3 Å². The van der Waals surface area contributed by atoms with Crippen molar-refractivity contribution in [1.82, 2.24) is 0 Å². The topological polar surface area (TPSA) is 50.2 Å². The Hall–Kier alpha value is -2.42. The van der Waals surface area contributed by atoms with E-state index in [9.17, 15) is 4.79 Å². The molecule has 0 radical (unpaired) electrons. The fourth-order valence-corrected chi connectivity index (χ4v) is 1.56. The number of hydrogen-bond donors (Lipinski definition) is 1. The zero-order valence-electron chi connectivity index (χ0n) is 9.80. The maximum Gasteiger partial charge on any atom is 0.203 e. The van der Waals surface area contributed by atoms with Gasteiger partial charge < -0.3 is 10.1 Å². The van der Waals surface area contributed by atoms with Gasteiger partial charge in [0.15, 0.2) is 0 Å². The SMILES string of the molecule is N=CC(=O)c1cccc(OCc2ccccc2)c1. The summed E-state index contributed by atoms with van der Waals surface area (Å²) in [6.45, 7) is 0.461. The molecule has 3 nitrogen and oxygen atoms in total. The van der Waals surface area contributed by atoms with Crippen molar-refractivity contribution in [1.29, 1.82) is 5.41 Å². The first-order valence-electron chi connectivity index (χ1n) is 5.61. The number of nitrogens with one attached hydrogen (secondary N) is 1. The zero-order valence-corrected chi connectivity index (χ0v) is 9.80. The molecule has 0 spiro atoms. The highest BCUT2D eigenvalue weighted by molar-refractivity contribution is 6.34. The molecule has 0 unspecified atom stereocenters. The molecule has 2 aromatic carbocycles. The molecule has 0 aliphatic rings. The third-order valence-corrected chi connectivity index (χ3v) is 2.50. The van der Waals surface area contributed by atoms with Crippen LogP contribution in [-0.2, 0) is 6.61 Å². The van der Waals surface area contributed by atoms with Crippen molar-refractivity contribution in [2.24, 2.45) is 0 Å². The van der Waals surface area contributed by atoms with Crippen molar-refractivity contribution in [2.75, 3.05) is 0 Å². The Morgan fingerprint density at radius 2 is 1.89 bits per heavy atom. The van der Waals surface area contributed by atoms with Gasteiger partial charge in [-0.2, -0.15) is 0 Å². The van der Waals surface area contributed by atoms with Crippen LogP contribution in [0, 0.1) is 5.41 Å². The molecule has 3 heteroatoms. The largest absolute Gasteiger partial charge is 0.489 e. The van der Waals surface area contributed by atoms with Gasteiger partial charge >= 0.3 is 0 Å². The lowest BCUT2D eigenvalue weighted by molar-refractivity contribution is 0.106. The van der Waals surface area contributed by atoms with Gasteiger partial charge in [0.05, 0.1) is 6.21 Å². The smallest absolute Gasteiger partial charge is 0.203 e. The fraction of sp³-hybridized carbons (Fsp3) is 0.0667. The second kappa shape index (κ2) is 5.77. The molecule has 0 aliphatic heterocycles. The van der Waals surface area contributed by atoms with Gasteiger partial charge in [-0.3, -0.25) is 4.79 Å². The third kappa shape index (κ3) is 3.04. The lowest BCUT2D eigenvalue weighted by atomic mass is 10.1. The molecule has 2 aromatic rings. The maximum atomic E-state index is 11.3. The summed E-state index contributed by atoms with van der Waals surface area (Å²) < 4.78 is 5.60. The summed E-state index contributed by atoms with van der Waals surface area (Å²) in [5, 5.41) is 6.94. The molecule has 0 atom stereocenters. The van der Waals surface area contributed by atoms with Gasteiger partial charge in [0.25, 0.3) is 0 Å². The average Bonchev–Trinajstić information content (AvgIpc) is 2.45. The summed E-state index contributed by atoms with van der Waals surface area (Å²) in [7, 11) is 0. The van der Waals surface area contributed by atoms with E-state index < -0.39 is 0 Å². The monoisotopic (exact) mass is 239 g/mol. The number of hydrogen-bond acceptors (Lipinski definition) is 3. The van der Waals surface area contributed by atoms with E-state index in [0.29, 0.717) is 17.9 Å². The Morgan fingerprint density at radius 3 is 2.61 bits per heavy atom. The number of Topliss-reactive ketones (excluding diaryl/α,β-unsaturated/α-hetero) is 1. The molecule has 0 heterocycles. The van der Waals surface area contributed by atoms with Gasteiger partial charge in [0.2, 0.25) is 5.78 Å². The number of benzene rings is 2. The first kappa shape index (κ1) is 12.0. The predicted molar refractivity (Wildman–Crippen MR) is 70.3 cm³/mol. The molecule has 18 heavy (non-hydrogen) atoms. The Bertz CT molecular complexity index is 549. The van der Waals surface area contributed by atoms with Gasteiger partial charge in [-0.1, -0.05) is 42.5 Å². The van der Waals surface area contributed by atoms with Crippen molar-refractivity contribution in [3.8, 4) is 5.75 Å². The molecule has 0 amide bonds. The lowest BCUT2D eigenvalue weighted by Gasteiger charge is -2.07. The van der Waals surface area contributed by atoms with E-state index in [0.717, 1.165) is 11.8 Å². The van der Waals surface area contributed by atoms with Crippen LogP contribution in [0.3, 0.4) is 0 Å². The highest BCUT2D eigenvalue weighted by Gasteiger charge is 2.03. The summed E-state index contributed by atoms with van der Waals surface area (Å²) in [6, 6.07) is 16.7. The normalized spacial score (nSPS) is 9.78. The number of rotatable bonds is 5. The highest BCUT2D eigenvalue weighted by atomic mass is 16.5. The van der Waals surface area contributed by atoms with Crippen LogP contribution in [0.2, 0.25) is 0 Å². The van der Waals surface area contributed by atoms with Crippen molar-refractivity contribution < 1.29 is 9.53 Å². The van der Waals surface area contributed by atoms with Crippen LogP contribution in [0.1, 0.15) is 15.9 Å². The number of ether oxygens (including phenoxy) is 1. The van der Waals surface area contributed by atoms with Gasteiger partial charge in [0, 0.05) is 5.56 Å². The van der Waals surface area contributed by atoms with Crippen molar-refractivity contribution in [3.05, 3.63) is 65.7 Å². The van der Waals surface area contributed by atoms with Crippen LogP contribution in [0.5, 0.6) is 5.75 Å². The van der Waals surface area contributed by atoms with Gasteiger partial charge in [0.1, 0.15) is 12.4 Å². The van der Waals surface area contributed by atoms with Crippen molar-refractivity contribution in [2.45, 2.75) is 6.61 Å². The number of ketones is 1. The Morgan fingerprint density at radius 1 is 1.11 bits per heavy atom. The average molecular weight is 239 g/mol. The van der Waals surface area contributed by atoms with E-state index in [1.165, 1.54) is 0 Å². The van der Waals surface area contributed by atoms with Gasteiger partial charge in [-0.25, -0.2) is 0 Å². The number of carbonyl (C=O) groups is 1. The molecule has 90 valence electrons. The minimum atomic E-state index is -0.319. The zero-order chi connectivity index (χ0) is 12.8. The molecule has 0 saturated heterocycles. The molecule has 0 aromatic heterocycles. The Labute approximate surface area is 106 Å². The van der Waals surface area contributed by atoms with Crippen LogP contribution in [-0.4, -0.2) is 12.0 Å².